The van der Waals surface area contributed by atoms with E-state index in [1.54, 1.807) is 33.1 Å². The first-order valence-corrected chi connectivity index (χ1v) is 16.4. The first-order chi connectivity index (χ1) is 23.8. The number of aromatic hydroxyl groups is 1. The number of allylic oxidation sites excluding steroid dienone is 1. The van der Waals surface area contributed by atoms with Crippen LogP contribution in [0.5, 0.6) is 5.75 Å². The molecule has 1 aromatic rings. The Morgan fingerprint density at radius 2 is 1.75 bits per heavy atom. The number of nitrogens with one attached hydrogen (secondary N) is 1. The number of rotatable bonds is 11. The summed E-state index contributed by atoms with van der Waals surface area (Å²) >= 11 is 0. The summed E-state index contributed by atoms with van der Waals surface area (Å²) in [4.78, 5) is 81.7. The highest BCUT2D eigenvalue weighted by atomic mass is 16.7. The van der Waals surface area contributed by atoms with Gasteiger partial charge in [0, 0.05) is 51.7 Å². The monoisotopic (exact) mass is 715 g/mol. The topological polar surface area (TPSA) is 250 Å². The quantitative estimate of drug-likeness (QED) is 0.0818. The SMILES string of the molecule is CCCCN(CC(=O)Nc1cc(N(C)C)c2c(c1O)C(=O)C1=C(O)[C@]3(O)C(=O)C(C(N)=O)=C(O)[C@@H](N(C)C)C3CC1C2)C(=O)OC(C)OC(C)=O. The lowest BCUT2D eigenvalue weighted by Gasteiger charge is -2.50. The number of benzene rings is 1. The second kappa shape index (κ2) is 14.6. The Labute approximate surface area is 294 Å². The molecule has 17 nitrogen and oxygen atoms in total. The lowest BCUT2D eigenvalue weighted by atomic mass is 9.58. The number of aliphatic hydroxyl groups is 3. The number of fused-ring (bicyclic) bond motifs is 3. The summed E-state index contributed by atoms with van der Waals surface area (Å²) in [5.74, 6) is -9.37. The van der Waals surface area contributed by atoms with Crippen LogP contribution in [0, 0.1) is 11.8 Å². The average Bonchev–Trinajstić information content (AvgIpc) is 3.01. The molecule has 1 aromatic carbocycles. The number of ketones is 2. The molecule has 0 spiro atoms. The minimum absolute atomic E-state index is 0.0427. The van der Waals surface area contributed by atoms with Crippen molar-refractivity contribution >= 4 is 46.8 Å². The maximum absolute atomic E-state index is 14.3. The number of phenolic OH excluding ortho intramolecular Hbond substituents is 1. The van der Waals surface area contributed by atoms with Gasteiger partial charge < -0.3 is 45.9 Å². The van der Waals surface area contributed by atoms with Crippen LogP contribution in [0.3, 0.4) is 0 Å². The van der Waals surface area contributed by atoms with Crippen LogP contribution in [0.15, 0.2) is 28.7 Å². The Morgan fingerprint density at radius 3 is 2.29 bits per heavy atom. The summed E-state index contributed by atoms with van der Waals surface area (Å²) in [7, 11) is 6.43. The zero-order valence-electron chi connectivity index (χ0n) is 29.6. The minimum Gasteiger partial charge on any atom is -0.510 e. The van der Waals surface area contributed by atoms with Crippen molar-refractivity contribution in [3.8, 4) is 5.75 Å². The number of Topliss-reactive ketones (excluding diaryl/α,β-unsaturated/α-hetero) is 2. The summed E-state index contributed by atoms with van der Waals surface area (Å²) in [5.41, 5.74) is 1.61. The molecule has 0 bridgehead atoms. The molecule has 3 aliphatic carbocycles. The van der Waals surface area contributed by atoms with Gasteiger partial charge in [0.1, 0.15) is 23.6 Å². The van der Waals surface area contributed by atoms with Crippen molar-refractivity contribution in [3.05, 3.63) is 39.9 Å². The van der Waals surface area contributed by atoms with Gasteiger partial charge in [0.05, 0.1) is 17.3 Å². The van der Waals surface area contributed by atoms with E-state index in [0.717, 1.165) is 11.8 Å². The standard InChI is InChI=1S/C34H45N5O12/c1-8-9-10-39(33(48)51-16(3)50-15(2)40)14-22(41)36-20-13-21(37(4)5)18-11-17-12-19-26(38(6)7)29(44)25(32(35)47)31(46)34(19,49)30(45)23(17)28(43)24(18)27(20)42/h13,16-17,19,26,42,44-45,49H,8-12,14H2,1-7H3,(H2,35,47)(H,36,41)/t16?,17?,19?,26-,34-/m0/s1. The number of aliphatic hydroxyl groups excluding tert-OH is 2. The number of phenols is 1. The van der Waals surface area contributed by atoms with Crippen molar-refractivity contribution < 1.29 is 58.7 Å². The van der Waals surface area contributed by atoms with Crippen molar-refractivity contribution in [3.63, 3.8) is 0 Å². The van der Waals surface area contributed by atoms with Crippen LogP contribution >= 0.6 is 0 Å². The first kappa shape index (κ1) is 38.6. The summed E-state index contributed by atoms with van der Waals surface area (Å²) < 4.78 is 9.98. The van der Waals surface area contributed by atoms with Crippen LogP contribution in [-0.4, -0.2) is 125 Å². The van der Waals surface area contributed by atoms with Gasteiger partial charge in [0.2, 0.25) is 18.0 Å². The Kier molecular flexibility index (Phi) is 11.1. The fourth-order valence-electron chi connectivity index (χ4n) is 7.21. The summed E-state index contributed by atoms with van der Waals surface area (Å²) in [6, 6.07) is 0.319. The number of nitrogens with two attached hydrogens (primary N) is 1. The number of carbonyl (C=O) groups excluding carboxylic acids is 6. The number of primary amides is 1. The van der Waals surface area contributed by atoms with Crippen LogP contribution in [0.2, 0.25) is 0 Å². The predicted octanol–water partition coefficient (Wildman–Crippen LogP) is 1.27. The molecule has 278 valence electrons. The number of carbonyl (C=O) groups is 6. The largest absolute Gasteiger partial charge is 0.510 e. The number of hydrogen-bond donors (Lipinski definition) is 6. The molecule has 0 aromatic heterocycles. The molecule has 3 amide bonds. The van der Waals surface area contributed by atoms with Crippen molar-refractivity contribution in [2.75, 3.05) is 51.5 Å². The van der Waals surface area contributed by atoms with Crippen molar-refractivity contribution in [2.24, 2.45) is 17.6 Å². The van der Waals surface area contributed by atoms with E-state index in [9.17, 15) is 49.2 Å². The molecule has 3 aliphatic rings. The van der Waals surface area contributed by atoms with Gasteiger partial charge in [-0.25, -0.2) is 4.79 Å². The lowest BCUT2D eigenvalue weighted by Crippen LogP contribution is -2.63. The Morgan fingerprint density at radius 1 is 1.10 bits per heavy atom. The Balaban J connectivity index is 1.75. The number of amides is 3. The minimum atomic E-state index is -2.81. The molecule has 0 radical (unpaired) electrons. The Bertz CT molecular complexity index is 1730. The van der Waals surface area contributed by atoms with Gasteiger partial charge in [0.15, 0.2) is 17.1 Å². The molecular weight excluding hydrogens is 670 g/mol. The summed E-state index contributed by atoms with van der Waals surface area (Å²) in [5, 5.41) is 48.5. The normalized spacial score (nSPS) is 23.2. The fraction of sp³-hybridized carbons (Fsp3) is 0.529. The van der Waals surface area contributed by atoms with E-state index in [1.165, 1.54) is 17.9 Å². The fourth-order valence-corrected chi connectivity index (χ4v) is 7.21. The first-order valence-electron chi connectivity index (χ1n) is 16.4. The highest BCUT2D eigenvalue weighted by molar-refractivity contribution is 6.25. The number of unbranched alkanes of at least 4 members (excludes halogenated alkanes) is 1. The maximum atomic E-state index is 14.3. The van der Waals surface area contributed by atoms with Crippen LogP contribution in [-0.2, 0) is 35.1 Å². The highest BCUT2D eigenvalue weighted by Gasteiger charge is 2.63. The van der Waals surface area contributed by atoms with Gasteiger partial charge in [-0.15, -0.1) is 0 Å². The molecule has 0 fully saturated rings. The van der Waals surface area contributed by atoms with Gasteiger partial charge in [-0.1, -0.05) is 13.3 Å². The van der Waals surface area contributed by atoms with Crippen molar-refractivity contribution in [2.45, 2.75) is 64.4 Å². The summed E-state index contributed by atoms with van der Waals surface area (Å²) in [6.45, 7) is 3.94. The zero-order chi connectivity index (χ0) is 38.3. The number of esters is 1. The van der Waals surface area contributed by atoms with Crippen LogP contribution < -0.4 is 16.0 Å². The number of likely N-dealkylation sites (N-methyl/N-ethyl adjacent to an activating group) is 1. The molecule has 4 rings (SSSR count). The zero-order valence-corrected chi connectivity index (χ0v) is 29.6. The van der Waals surface area contributed by atoms with Crippen LogP contribution in [0.4, 0.5) is 16.2 Å². The van der Waals surface area contributed by atoms with Gasteiger partial charge >= 0.3 is 12.1 Å². The van der Waals surface area contributed by atoms with E-state index in [4.69, 9.17) is 15.2 Å². The number of hydrogen-bond acceptors (Lipinski definition) is 14. The van der Waals surface area contributed by atoms with E-state index in [-0.39, 0.29) is 36.2 Å². The van der Waals surface area contributed by atoms with E-state index in [0.29, 0.717) is 24.1 Å². The van der Waals surface area contributed by atoms with E-state index in [2.05, 4.69) is 5.32 Å². The molecule has 17 heteroatoms. The molecular formula is C34H45N5O12. The van der Waals surface area contributed by atoms with Crippen molar-refractivity contribution in [1.29, 1.82) is 0 Å². The molecule has 3 unspecified atom stereocenters. The smallest absolute Gasteiger partial charge is 0.413 e. The highest BCUT2D eigenvalue weighted by Crippen LogP contribution is 2.54. The van der Waals surface area contributed by atoms with Crippen molar-refractivity contribution in [1.82, 2.24) is 9.80 Å². The number of anilines is 2. The molecule has 0 saturated heterocycles. The second-order valence-electron chi connectivity index (χ2n) is 13.4. The van der Waals surface area contributed by atoms with Crippen LogP contribution in [0.25, 0.3) is 0 Å². The van der Waals surface area contributed by atoms with Gasteiger partial charge in [-0.05, 0) is 50.9 Å². The number of ether oxygens (including phenoxy) is 2. The molecule has 0 heterocycles. The van der Waals surface area contributed by atoms with E-state index in [1.807, 2.05) is 6.92 Å². The third-order valence-corrected chi connectivity index (χ3v) is 9.43. The molecule has 51 heavy (non-hydrogen) atoms. The second-order valence-corrected chi connectivity index (χ2v) is 13.4. The summed E-state index contributed by atoms with van der Waals surface area (Å²) in [6.07, 6.45) is -1.00. The maximum Gasteiger partial charge on any atom is 0.413 e. The third kappa shape index (κ3) is 6.95. The van der Waals surface area contributed by atoms with Gasteiger partial charge in [-0.3, -0.25) is 33.8 Å². The number of nitrogens with zero attached hydrogens (tertiary/aromatic N) is 3. The average molecular weight is 716 g/mol. The molecule has 0 aliphatic heterocycles. The molecule has 0 saturated carbocycles. The van der Waals surface area contributed by atoms with Crippen LogP contribution in [0.1, 0.15) is 56.0 Å². The predicted molar refractivity (Wildman–Crippen MR) is 181 cm³/mol. The molecule has 5 atom stereocenters. The third-order valence-electron chi connectivity index (χ3n) is 9.43. The molecule has 7 N–H and O–H groups in total. The van der Waals surface area contributed by atoms with E-state index >= 15 is 0 Å². The Hall–Kier alpha value is -5.16. The van der Waals surface area contributed by atoms with Gasteiger partial charge in [-0.2, -0.15) is 0 Å². The van der Waals surface area contributed by atoms with Gasteiger partial charge in [0.25, 0.3) is 5.91 Å². The lowest BCUT2D eigenvalue weighted by molar-refractivity contribution is -0.163. The van der Waals surface area contributed by atoms with E-state index < -0.39 is 94.6 Å².